The van der Waals surface area contributed by atoms with Crippen molar-refractivity contribution in [2.45, 2.75) is 32.2 Å². The average molecular weight is 210 g/mol. The highest BCUT2D eigenvalue weighted by molar-refractivity contribution is 5.89. The normalized spacial score (nSPS) is 26.1. The van der Waals surface area contributed by atoms with Crippen LogP contribution in [-0.4, -0.2) is 41.8 Å². The van der Waals surface area contributed by atoms with Gasteiger partial charge in [0, 0.05) is 19.0 Å². The van der Waals surface area contributed by atoms with Crippen LogP contribution in [0.2, 0.25) is 0 Å². The molecule has 0 atom stereocenters. The van der Waals surface area contributed by atoms with Gasteiger partial charge >= 0.3 is 0 Å². The molecule has 1 aliphatic heterocycles. The van der Waals surface area contributed by atoms with Gasteiger partial charge in [-0.1, -0.05) is 0 Å². The van der Waals surface area contributed by atoms with Crippen LogP contribution in [0.15, 0.2) is 0 Å². The number of Topliss-reactive ketones (excluding diaryl/α,β-unsaturated/α-hetero) is 1. The Labute approximate surface area is 90.0 Å². The molecule has 1 saturated carbocycles. The molecule has 2 rings (SSSR count). The number of nitrogens with one attached hydrogen (secondary N) is 1. The molecule has 84 valence electrons. The Bertz CT molecular complexity index is 295. The van der Waals surface area contributed by atoms with E-state index in [-0.39, 0.29) is 11.8 Å². The second-order valence-electron chi connectivity index (χ2n) is 4.98. The summed E-state index contributed by atoms with van der Waals surface area (Å²) in [5.74, 6) is 0.612. The first-order valence-corrected chi connectivity index (χ1v) is 5.58. The van der Waals surface area contributed by atoms with E-state index in [4.69, 9.17) is 0 Å². The second-order valence-corrected chi connectivity index (χ2v) is 4.98. The quantitative estimate of drug-likeness (QED) is 0.722. The van der Waals surface area contributed by atoms with Gasteiger partial charge < -0.3 is 5.32 Å². The number of rotatable bonds is 3. The highest BCUT2D eigenvalue weighted by Crippen LogP contribution is 2.31. The fourth-order valence-corrected chi connectivity index (χ4v) is 1.94. The van der Waals surface area contributed by atoms with Crippen LogP contribution in [0, 0.1) is 5.92 Å². The lowest BCUT2D eigenvalue weighted by molar-refractivity contribution is -0.137. The molecule has 4 nitrogen and oxygen atoms in total. The Hall–Kier alpha value is -0.900. The van der Waals surface area contributed by atoms with E-state index >= 15 is 0 Å². The zero-order valence-corrected chi connectivity index (χ0v) is 9.38. The number of hydrogen-bond acceptors (Lipinski definition) is 3. The topological polar surface area (TPSA) is 49.4 Å². The predicted octanol–water partition coefficient (Wildman–Crippen LogP) is 0.176. The van der Waals surface area contributed by atoms with Crippen molar-refractivity contribution >= 4 is 11.7 Å². The van der Waals surface area contributed by atoms with Crippen LogP contribution in [0.5, 0.6) is 0 Å². The van der Waals surface area contributed by atoms with E-state index in [1.807, 2.05) is 18.7 Å². The smallest absolute Gasteiger partial charge is 0.240 e. The van der Waals surface area contributed by atoms with Crippen molar-refractivity contribution in [1.82, 2.24) is 10.2 Å². The molecule has 0 unspecified atom stereocenters. The van der Waals surface area contributed by atoms with Gasteiger partial charge in [-0.05, 0) is 26.7 Å². The molecule has 1 heterocycles. The molecular formula is C11H18N2O2. The summed E-state index contributed by atoms with van der Waals surface area (Å²) < 4.78 is 0. The van der Waals surface area contributed by atoms with Gasteiger partial charge in [-0.15, -0.1) is 0 Å². The third-order valence-electron chi connectivity index (χ3n) is 3.39. The van der Waals surface area contributed by atoms with E-state index in [0.717, 1.165) is 19.4 Å². The first-order valence-electron chi connectivity index (χ1n) is 5.58. The lowest BCUT2D eigenvalue weighted by Crippen LogP contribution is -2.62. The molecule has 0 radical (unpaired) electrons. The van der Waals surface area contributed by atoms with E-state index in [1.54, 1.807) is 0 Å². The van der Waals surface area contributed by atoms with Gasteiger partial charge in [-0.25, -0.2) is 0 Å². The summed E-state index contributed by atoms with van der Waals surface area (Å²) in [6, 6.07) is 0. The number of piperazine rings is 1. The first-order chi connectivity index (χ1) is 7.01. The van der Waals surface area contributed by atoms with E-state index in [9.17, 15) is 9.59 Å². The standard InChI is InChI=1S/C11H18N2O2/c1-11(2)10(15)12-5-6-13(11)7-9(14)8-3-4-8/h8H,3-7H2,1-2H3,(H,12,15). The summed E-state index contributed by atoms with van der Waals surface area (Å²) in [5, 5.41) is 2.83. The van der Waals surface area contributed by atoms with Crippen LogP contribution in [0.1, 0.15) is 26.7 Å². The van der Waals surface area contributed by atoms with Gasteiger partial charge in [0.25, 0.3) is 0 Å². The molecule has 0 aromatic rings. The van der Waals surface area contributed by atoms with Gasteiger partial charge in [-0.3, -0.25) is 14.5 Å². The Morgan fingerprint density at radius 2 is 2.20 bits per heavy atom. The third-order valence-corrected chi connectivity index (χ3v) is 3.39. The van der Waals surface area contributed by atoms with Crippen molar-refractivity contribution in [1.29, 1.82) is 0 Å². The van der Waals surface area contributed by atoms with Crippen molar-refractivity contribution in [3.63, 3.8) is 0 Å². The van der Waals surface area contributed by atoms with Crippen molar-refractivity contribution in [3.8, 4) is 0 Å². The van der Waals surface area contributed by atoms with Crippen LogP contribution in [0.25, 0.3) is 0 Å². The molecule has 0 spiro atoms. The molecule has 1 aliphatic carbocycles. The van der Waals surface area contributed by atoms with Crippen molar-refractivity contribution in [2.75, 3.05) is 19.6 Å². The van der Waals surface area contributed by atoms with Gasteiger partial charge in [0.15, 0.2) is 0 Å². The fraction of sp³-hybridized carbons (Fsp3) is 0.818. The number of nitrogens with zero attached hydrogens (tertiary/aromatic N) is 1. The van der Waals surface area contributed by atoms with Gasteiger partial charge in [0.05, 0.1) is 12.1 Å². The minimum Gasteiger partial charge on any atom is -0.353 e. The van der Waals surface area contributed by atoms with Crippen LogP contribution in [-0.2, 0) is 9.59 Å². The van der Waals surface area contributed by atoms with Crippen LogP contribution < -0.4 is 5.32 Å². The van der Waals surface area contributed by atoms with Crippen LogP contribution in [0.4, 0.5) is 0 Å². The van der Waals surface area contributed by atoms with Gasteiger partial charge in [0.2, 0.25) is 5.91 Å². The Kier molecular flexibility index (Phi) is 2.54. The maximum absolute atomic E-state index is 11.7. The maximum Gasteiger partial charge on any atom is 0.240 e. The van der Waals surface area contributed by atoms with Crippen molar-refractivity contribution in [3.05, 3.63) is 0 Å². The van der Waals surface area contributed by atoms with Gasteiger partial charge in [0.1, 0.15) is 5.78 Å². The Morgan fingerprint density at radius 3 is 2.80 bits per heavy atom. The second kappa shape index (κ2) is 3.59. The van der Waals surface area contributed by atoms with E-state index in [0.29, 0.717) is 18.9 Å². The minimum atomic E-state index is -0.539. The number of carbonyl (C=O) groups is 2. The number of amides is 1. The lowest BCUT2D eigenvalue weighted by Gasteiger charge is -2.40. The van der Waals surface area contributed by atoms with E-state index < -0.39 is 5.54 Å². The molecule has 1 amide bonds. The zero-order chi connectivity index (χ0) is 11.1. The number of carbonyl (C=O) groups excluding carboxylic acids is 2. The fourth-order valence-electron chi connectivity index (χ4n) is 1.94. The molecule has 4 heteroatoms. The molecule has 0 bridgehead atoms. The average Bonchev–Trinajstić information content (AvgIpc) is 2.96. The monoisotopic (exact) mass is 210 g/mol. The number of ketones is 1. The molecule has 2 fully saturated rings. The summed E-state index contributed by atoms with van der Waals surface area (Å²) in [6.45, 7) is 5.62. The highest BCUT2D eigenvalue weighted by Gasteiger charge is 2.40. The lowest BCUT2D eigenvalue weighted by atomic mass is 9.98. The molecule has 0 aromatic carbocycles. The Morgan fingerprint density at radius 1 is 1.53 bits per heavy atom. The zero-order valence-electron chi connectivity index (χ0n) is 9.38. The van der Waals surface area contributed by atoms with Crippen LogP contribution in [0.3, 0.4) is 0 Å². The van der Waals surface area contributed by atoms with Crippen LogP contribution >= 0.6 is 0 Å². The van der Waals surface area contributed by atoms with Gasteiger partial charge in [-0.2, -0.15) is 0 Å². The molecule has 2 aliphatic rings. The molecule has 0 aromatic heterocycles. The Balaban J connectivity index is 2.00. The summed E-state index contributed by atoms with van der Waals surface area (Å²) in [6.07, 6.45) is 2.08. The molecule has 1 N–H and O–H groups in total. The summed E-state index contributed by atoms with van der Waals surface area (Å²) in [5.41, 5.74) is -0.539. The first kappa shape index (κ1) is 10.6. The summed E-state index contributed by atoms with van der Waals surface area (Å²) >= 11 is 0. The molecular weight excluding hydrogens is 192 g/mol. The maximum atomic E-state index is 11.7. The van der Waals surface area contributed by atoms with E-state index in [1.165, 1.54) is 0 Å². The highest BCUT2D eigenvalue weighted by atomic mass is 16.2. The van der Waals surface area contributed by atoms with Crippen molar-refractivity contribution < 1.29 is 9.59 Å². The molecule has 15 heavy (non-hydrogen) atoms. The van der Waals surface area contributed by atoms with E-state index in [2.05, 4.69) is 5.32 Å². The number of hydrogen-bond donors (Lipinski definition) is 1. The summed E-state index contributed by atoms with van der Waals surface area (Å²) in [4.78, 5) is 25.3. The summed E-state index contributed by atoms with van der Waals surface area (Å²) in [7, 11) is 0. The van der Waals surface area contributed by atoms with Crippen molar-refractivity contribution in [2.24, 2.45) is 5.92 Å². The minimum absolute atomic E-state index is 0.0253. The molecule has 1 saturated heterocycles. The largest absolute Gasteiger partial charge is 0.353 e. The predicted molar refractivity (Wildman–Crippen MR) is 56.4 cm³/mol. The third kappa shape index (κ3) is 2.04. The SMILES string of the molecule is CC1(C)C(=O)NCCN1CC(=O)C1CC1.